The van der Waals surface area contributed by atoms with Gasteiger partial charge in [-0.15, -0.1) is 0 Å². The quantitative estimate of drug-likeness (QED) is 0.577. The maximum atomic E-state index is 12.1. The zero-order valence-electron chi connectivity index (χ0n) is 11.9. The largest absolute Gasteiger partial charge is 0.379 e. The molecule has 108 valence electrons. The van der Waals surface area contributed by atoms with Crippen LogP contribution in [0.25, 0.3) is 0 Å². The van der Waals surface area contributed by atoms with Crippen LogP contribution < -0.4 is 5.32 Å². The number of imide groups is 2. The molecule has 1 atom stereocenters. The van der Waals surface area contributed by atoms with E-state index in [0.717, 1.165) is 4.90 Å². The minimum atomic E-state index is -0.789. The molecule has 0 aromatic carbocycles. The van der Waals surface area contributed by atoms with Gasteiger partial charge in [-0.05, 0) is 11.8 Å². The van der Waals surface area contributed by atoms with Crippen molar-refractivity contribution < 1.29 is 19.1 Å². The van der Waals surface area contributed by atoms with E-state index in [1.54, 1.807) is 13.8 Å². The van der Waals surface area contributed by atoms with Crippen molar-refractivity contribution in [1.29, 1.82) is 0 Å². The van der Waals surface area contributed by atoms with Gasteiger partial charge in [-0.1, -0.05) is 27.7 Å². The summed E-state index contributed by atoms with van der Waals surface area (Å²) in [7, 11) is 0. The molecule has 6 heteroatoms. The van der Waals surface area contributed by atoms with Crippen LogP contribution in [0, 0.1) is 17.8 Å². The van der Waals surface area contributed by atoms with Crippen molar-refractivity contribution in [2.24, 2.45) is 17.8 Å². The maximum Gasteiger partial charge on any atom is 0.330 e. The van der Waals surface area contributed by atoms with E-state index in [1.165, 1.54) is 0 Å². The van der Waals surface area contributed by atoms with Crippen molar-refractivity contribution in [3.63, 3.8) is 0 Å². The van der Waals surface area contributed by atoms with Gasteiger partial charge in [0.25, 0.3) is 0 Å². The minimum absolute atomic E-state index is 0.139. The highest BCUT2D eigenvalue weighted by Crippen LogP contribution is 2.18. The summed E-state index contributed by atoms with van der Waals surface area (Å²) in [6.45, 7) is 8.65. The fourth-order valence-electron chi connectivity index (χ4n) is 1.91. The Morgan fingerprint density at radius 1 is 1.21 bits per heavy atom. The molecule has 19 heavy (non-hydrogen) atoms. The van der Waals surface area contributed by atoms with Gasteiger partial charge in [0.2, 0.25) is 11.8 Å². The molecule has 1 fully saturated rings. The Labute approximate surface area is 113 Å². The number of barbiturate groups is 1. The van der Waals surface area contributed by atoms with E-state index in [2.05, 4.69) is 5.32 Å². The van der Waals surface area contributed by atoms with Crippen LogP contribution in [0.2, 0.25) is 0 Å². The molecule has 6 nitrogen and oxygen atoms in total. The third-order valence-corrected chi connectivity index (χ3v) is 2.87. The summed E-state index contributed by atoms with van der Waals surface area (Å²) in [4.78, 5) is 36.4. The molecule has 0 aliphatic carbocycles. The summed E-state index contributed by atoms with van der Waals surface area (Å²) in [6, 6.07) is -0.653. The molecule has 1 rings (SSSR count). The predicted molar refractivity (Wildman–Crippen MR) is 69.2 cm³/mol. The van der Waals surface area contributed by atoms with Crippen molar-refractivity contribution in [2.45, 2.75) is 27.7 Å². The number of carbonyl (C=O) groups excluding carboxylic acids is 3. The van der Waals surface area contributed by atoms with Crippen LogP contribution in [0.4, 0.5) is 4.79 Å². The standard InChI is InChI=1S/C13H22N2O4/c1-8(2)7-19-6-5-15-12(17)10(9(3)4)11(16)14-13(15)18/h8-10H,5-7H2,1-4H3,(H,14,16,18). The lowest BCUT2D eigenvalue weighted by atomic mass is 9.92. The number of hydrogen-bond acceptors (Lipinski definition) is 4. The fraction of sp³-hybridized carbons (Fsp3) is 0.769. The molecule has 1 aliphatic heterocycles. The van der Waals surface area contributed by atoms with Crippen molar-refractivity contribution >= 4 is 17.8 Å². The molecule has 0 radical (unpaired) electrons. The Morgan fingerprint density at radius 2 is 1.84 bits per heavy atom. The number of rotatable bonds is 6. The Kier molecular flexibility index (Phi) is 5.47. The van der Waals surface area contributed by atoms with E-state index in [4.69, 9.17) is 4.74 Å². The van der Waals surface area contributed by atoms with E-state index in [0.29, 0.717) is 12.5 Å². The average molecular weight is 270 g/mol. The first-order valence-corrected chi connectivity index (χ1v) is 6.58. The number of nitrogens with one attached hydrogen (secondary N) is 1. The topological polar surface area (TPSA) is 75.7 Å². The molecule has 1 heterocycles. The van der Waals surface area contributed by atoms with Crippen LogP contribution in [-0.2, 0) is 14.3 Å². The summed E-state index contributed by atoms with van der Waals surface area (Å²) < 4.78 is 5.36. The van der Waals surface area contributed by atoms with Crippen molar-refractivity contribution in [3.8, 4) is 0 Å². The van der Waals surface area contributed by atoms with Crippen LogP contribution in [0.3, 0.4) is 0 Å². The van der Waals surface area contributed by atoms with Gasteiger partial charge in [-0.25, -0.2) is 4.79 Å². The van der Waals surface area contributed by atoms with Crippen LogP contribution in [0.15, 0.2) is 0 Å². The summed E-state index contributed by atoms with van der Waals surface area (Å²) in [5, 5.41) is 2.21. The minimum Gasteiger partial charge on any atom is -0.379 e. The number of ether oxygens (including phenoxy) is 1. The smallest absolute Gasteiger partial charge is 0.330 e. The fourth-order valence-corrected chi connectivity index (χ4v) is 1.91. The first-order valence-electron chi connectivity index (χ1n) is 6.58. The van der Waals surface area contributed by atoms with Crippen LogP contribution in [0.5, 0.6) is 0 Å². The summed E-state index contributed by atoms with van der Waals surface area (Å²) in [5.74, 6) is -1.47. The van der Waals surface area contributed by atoms with Crippen LogP contribution in [-0.4, -0.2) is 42.5 Å². The van der Waals surface area contributed by atoms with Crippen molar-refractivity contribution in [3.05, 3.63) is 0 Å². The third kappa shape index (κ3) is 4.02. The summed E-state index contributed by atoms with van der Waals surface area (Å²) in [5.41, 5.74) is 0. The van der Waals surface area contributed by atoms with E-state index < -0.39 is 23.8 Å². The zero-order valence-corrected chi connectivity index (χ0v) is 11.9. The molecule has 1 aliphatic rings. The molecule has 0 spiro atoms. The Balaban J connectivity index is 2.58. The molecule has 1 unspecified atom stereocenters. The summed E-state index contributed by atoms with van der Waals surface area (Å²) >= 11 is 0. The molecule has 4 amide bonds. The highest BCUT2D eigenvalue weighted by molar-refractivity contribution is 6.16. The lowest BCUT2D eigenvalue weighted by molar-refractivity contribution is -0.145. The molecule has 1 saturated heterocycles. The average Bonchev–Trinajstić information content (AvgIpc) is 2.26. The van der Waals surface area contributed by atoms with E-state index in [9.17, 15) is 14.4 Å². The Bertz CT molecular complexity index is 366. The van der Waals surface area contributed by atoms with Gasteiger partial charge in [-0.3, -0.25) is 19.8 Å². The monoisotopic (exact) mass is 270 g/mol. The van der Waals surface area contributed by atoms with Crippen molar-refractivity contribution in [2.75, 3.05) is 19.8 Å². The highest BCUT2D eigenvalue weighted by atomic mass is 16.5. The molecule has 0 aromatic heterocycles. The molecule has 0 bridgehead atoms. The molecular formula is C13H22N2O4. The van der Waals surface area contributed by atoms with E-state index in [-0.39, 0.29) is 19.1 Å². The normalized spacial score (nSPS) is 20.4. The Hall–Kier alpha value is -1.43. The maximum absolute atomic E-state index is 12.1. The third-order valence-electron chi connectivity index (χ3n) is 2.87. The van der Waals surface area contributed by atoms with Crippen molar-refractivity contribution in [1.82, 2.24) is 10.2 Å². The highest BCUT2D eigenvalue weighted by Gasteiger charge is 2.41. The second-order valence-corrected chi connectivity index (χ2v) is 5.47. The number of carbonyl (C=O) groups is 3. The lowest BCUT2D eigenvalue weighted by Gasteiger charge is -2.31. The predicted octanol–water partition coefficient (Wildman–Crippen LogP) is 1.01. The van der Waals surface area contributed by atoms with Gasteiger partial charge in [0.05, 0.1) is 13.2 Å². The van der Waals surface area contributed by atoms with Crippen LogP contribution in [0.1, 0.15) is 27.7 Å². The lowest BCUT2D eigenvalue weighted by Crippen LogP contribution is -2.59. The second kappa shape index (κ2) is 6.65. The molecular weight excluding hydrogens is 248 g/mol. The second-order valence-electron chi connectivity index (χ2n) is 5.47. The molecule has 1 N–H and O–H groups in total. The van der Waals surface area contributed by atoms with Gasteiger partial charge < -0.3 is 4.74 Å². The Morgan fingerprint density at radius 3 is 2.37 bits per heavy atom. The first kappa shape index (κ1) is 15.6. The SMILES string of the molecule is CC(C)COCCN1C(=O)NC(=O)C(C(C)C)C1=O. The number of hydrogen-bond donors (Lipinski definition) is 1. The van der Waals surface area contributed by atoms with Gasteiger partial charge in [-0.2, -0.15) is 0 Å². The molecule has 0 aromatic rings. The summed E-state index contributed by atoms with van der Waals surface area (Å²) in [6.07, 6.45) is 0. The molecule has 0 saturated carbocycles. The van der Waals surface area contributed by atoms with E-state index >= 15 is 0 Å². The first-order chi connectivity index (χ1) is 8.84. The van der Waals surface area contributed by atoms with Gasteiger partial charge in [0.15, 0.2) is 0 Å². The zero-order chi connectivity index (χ0) is 14.6. The number of urea groups is 1. The van der Waals surface area contributed by atoms with Crippen LogP contribution >= 0.6 is 0 Å². The van der Waals surface area contributed by atoms with E-state index in [1.807, 2.05) is 13.8 Å². The van der Waals surface area contributed by atoms with Gasteiger partial charge in [0, 0.05) is 6.61 Å². The van der Waals surface area contributed by atoms with Gasteiger partial charge in [0.1, 0.15) is 5.92 Å². The number of nitrogens with zero attached hydrogens (tertiary/aromatic N) is 1. The van der Waals surface area contributed by atoms with Gasteiger partial charge >= 0.3 is 6.03 Å². The number of amides is 4.